The maximum absolute atomic E-state index is 13.6. The number of aliphatic hydroxyl groups is 1. The molecule has 3 aliphatic rings. The molecule has 7 heterocycles. The van der Waals surface area contributed by atoms with Gasteiger partial charge in [0.2, 0.25) is 27.4 Å². The number of ether oxygens (including phenoxy) is 2. The molecule has 2 aromatic carbocycles. The first-order valence-electron chi connectivity index (χ1n) is 31.0. The fraction of sp³-hybridized carbons (Fsp3) is 0.420. The van der Waals surface area contributed by atoms with Crippen LogP contribution in [0.5, 0.6) is 0 Å². The number of nitrogens with one attached hydrogen (secondary N) is 6. The Bertz CT molecular complexity index is 3800. The van der Waals surface area contributed by atoms with Crippen molar-refractivity contribution in [3.05, 3.63) is 156 Å². The number of hydrazine groups is 2. The summed E-state index contributed by atoms with van der Waals surface area (Å²) in [6.45, 7) is 13.8. The smallest absolute Gasteiger partial charge is 0.325 e. The van der Waals surface area contributed by atoms with E-state index in [2.05, 4.69) is 52.1 Å². The third-order valence-electron chi connectivity index (χ3n) is 16.2. The van der Waals surface area contributed by atoms with Crippen molar-refractivity contribution in [3.8, 4) is 0 Å². The number of aromatic nitrogens is 4. The van der Waals surface area contributed by atoms with Crippen LogP contribution in [0, 0.1) is 10.8 Å². The topological polar surface area (TPSA) is 305 Å². The first-order chi connectivity index (χ1) is 44.5. The average Bonchev–Trinajstić information content (AvgIpc) is 1.28. The number of benzene rings is 2. The maximum atomic E-state index is 13.6. The lowest BCUT2D eigenvalue weighted by Crippen LogP contribution is -2.61. The Morgan fingerprint density at radius 1 is 0.821 bits per heavy atom. The molecule has 26 heteroatoms. The lowest BCUT2D eigenvalue weighted by Gasteiger charge is -2.35. The monoisotopic (exact) mass is 1360 g/mol. The molecule has 95 heavy (non-hydrogen) atoms. The van der Waals surface area contributed by atoms with Crippen LogP contribution < -0.4 is 32.1 Å². The zero-order chi connectivity index (χ0) is 68.1. The molecule has 0 unspecified atom stereocenters. The number of pyridine rings is 4. The van der Waals surface area contributed by atoms with Crippen molar-refractivity contribution in [2.45, 2.75) is 154 Å². The molecule has 23 nitrogen and oxygen atoms in total. The molecule has 6 aromatic rings. The van der Waals surface area contributed by atoms with Gasteiger partial charge >= 0.3 is 11.9 Å². The minimum atomic E-state index is -1.77. The number of nitrogens with zero attached hydrogens (tertiary/aromatic N) is 6. The Morgan fingerprint density at radius 3 is 2.18 bits per heavy atom. The fourth-order valence-electron chi connectivity index (χ4n) is 10.4. The van der Waals surface area contributed by atoms with Gasteiger partial charge in [0, 0.05) is 73.9 Å². The van der Waals surface area contributed by atoms with Gasteiger partial charge < -0.3 is 35.8 Å². The zero-order valence-corrected chi connectivity index (χ0v) is 55.8. The van der Waals surface area contributed by atoms with E-state index in [1.54, 1.807) is 121 Å². The van der Waals surface area contributed by atoms with Gasteiger partial charge in [0.25, 0.3) is 11.8 Å². The number of fused-ring (bicyclic) bond motifs is 5. The van der Waals surface area contributed by atoms with Crippen LogP contribution in [0.3, 0.4) is 0 Å². The molecule has 8 atom stereocenters. The molecule has 9 rings (SSSR count). The molecule has 3 aliphatic heterocycles. The first-order valence-corrected chi connectivity index (χ1v) is 32.1. The van der Waals surface area contributed by atoms with Crippen molar-refractivity contribution in [2.75, 3.05) is 19.7 Å². The zero-order valence-electron chi connectivity index (χ0n) is 53.5. The summed E-state index contributed by atoms with van der Waals surface area (Å²) < 4.78 is 9.10. The summed E-state index contributed by atoms with van der Waals surface area (Å²) in [7, 11) is 0. The molecular weight excluding hydrogens is 1280 g/mol. The number of amides is 6. The van der Waals surface area contributed by atoms with E-state index in [9.17, 15) is 43.5 Å². The van der Waals surface area contributed by atoms with Crippen LogP contribution in [0.1, 0.15) is 134 Å². The van der Waals surface area contributed by atoms with Crippen LogP contribution >= 0.6 is 34.8 Å². The number of alkyl halides is 3. The molecule has 5 bridgehead atoms. The van der Waals surface area contributed by atoms with Gasteiger partial charge in [-0.05, 0) is 163 Å². The van der Waals surface area contributed by atoms with E-state index in [-0.39, 0.29) is 32.7 Å². The standard InChI is InChI=1S/C35H41Cl3N6O6.C33H38N6O5.CH4/c1-21(31(47)44-14-6-8-28(43-44)32(48)50-20-35(36,37)38)41-30(46)29(15-23-7-5-13-39-18-23)42-33(49)34(3,4)12-11-27-17-26-16-24(22(2)45)9-10-25(26)19-40-27;1-20-30(41)39-14-6-8-27(38-39)31(42)44-21(2)23-9-10-24-19-35-26(17-25(24)16-23)11-12-33(3,4)32(43)37-28(29(40)36-20)15-22-7-5-13-34-18-22;/h5,7,9-13,16-19,21-22,28-29,43,45H,6,8,14-15,20H2,1-4H3,(H,41,46)(H,42,49);5,7,9-13,16-21,27-28,38H,6,8,14-15H2,1-4H3,(H,36,40)(H,37,43);1H4/b2*12-11+;/t21-,22+,28-,29-;20-,21+,27-,28-;/m00./s1. The first kappa shape index (κ1) is 74.0. The molecule has 0 radical (unpaired) electrons. The normalized spacial score (nSPS) is 20.9. The second kappa shape index (κ2) is 32.8. The van der Waals surface area contributed by atoms with Gasteiger partial charge in [-0.1, -0.05) is 90.8 Å². The lowest BCUT2D eigenvalue weighted by molar-refractivity contribution is -0.157. The second-order valence-corrected chi connectivity index (χ2v) is 27.3. The number of rotatable bonds is 14. The van der Waals surface area contributed by atoms with E-state index in [4.69, 9.17) is 44.3 Å². The van der Waals surface area contributed by atoms with E-state index >= 15 is 0 Å². The van der Waals surface area contributed by atoms with E-state index in [0.29, 0.717) is 49.2 Å². The van der Waals surface area contributed by atoms with Gasteiger partial charge in [0.1, 0.15) is 49.0 Å². The Labute approximate surface area is 567 Å². The van der Waals surface area contributed by atoms with Crippen molar-refractivity contribution >= 4 is 116 Å². The predicted molar refractivity (Wildman–Crippen MR) is 363 cm³/mol. The van der Waals surface area contributed by atoms with Crippen LogP contribution in [0.25, 0.3) is 33.7 Å². The summed E-state index contributed by atoms with van der Waals surface area (Å²) >= 11 is 17.0. The molecule has 506 valence electrons. The number of hydrogen-bond acceptors (Lipinski definition) is 17. The highest BCUT2D eigenvalue weighted by atomic mass is 35.6. The van der Waals surface area contributed by atoms with Gasteiger partial charge in [-0.3, -0.25) is 68.3 Å². The minimum Gasteiger partial charge on any atom is -0.460 e. The number of carbonyl (C=O) groups is 8. The Hall–Kier alpha value is -8.45. The van der Waals surface area contributed by atoms with Gasteiger partial charge in [0.15, 0.2) is 0 Å². The van der Waals surface area contributed by atoms with Crippen molar-refractivity contribution in [1.82, 2.24) is 62.1 Å². The third-order valence-corrected chi connectivity index (χ3v) is 16.5. The number of carbonyl (C=O) groups excluding carboxylic acids is 8. The highest BCUT2D eigenvalue weighted by Gasteiger charge is 2.38. The third kappa shape index (κ3) is 20.8. The molecule has 2 saturated heterocycles. The van der Waals surface area contributed by atoms with Crippen LogP contribution in [0.4, 0.5) is 0 Å². The second-order valence-electron chi connectivity index (χ2n) is 24.8. The SMILES string of the molecule is C.C[C@@H]1NC(=O)[C@H](Cc2cccnc2)NC(=O)C(C)(C)/C=C/c2cc3cc(ccc3cn2)[C@@H](C)OC(=O)[C@@H]2CCCN(N2)C1=O.C[C@H](NC(=O)[C@H](Cc1cccnc1)NC(=O)C(C)(C)/C=C/c1cc2cc([C@@H](C)O)ccc2cn1)C(=O)N1CCC[C@@H](C(=O)OCC(Cl)(Cl)Cl)N1. The summed E-state index contributed by atoms with van der Waals surface area (Å²) in [5.74, 6) is -3.91. The van der Waals surface area contributed by atoms with Gasteiger partial charge in [-0.2, -0.15) is 0 Å². The molecular formula is C69H83Cl3N12O11. The van der Waals surface area contributed by atoms with Gasteiger partial charge in [-0.25, -0.2) is 10.9 Å². The van der Waals surface area contributed by atoms with E-state index in [1.165, 1.54) is 16.9 Å². The highest BCUT2D eigenvalue weighted by molar-refractivity contribution is 6.67. The van der Waals surface area contributed by atoms with Crippen LogP contribution in [-0.2, 0) is 60.7 Å². The van der Waals surface area contributed by atoms with Crippen molar-refractivity contribution in [1.29, 1.82) is 0 Å². The van der Waals surface area contributed by atoms with Crippen LogP contribution in [0.2, 0.25) is 0 Å². The Balaban J connectivity index is 0.000000268. The summed E-state index contributed by atoms with van der Waals surface area (Å²) in [4.78, 5) is 124. The Kier molecular flexibility index (Phi) is 25.5. The number of hydrogen-bond donors (Lipinski definition) is 7. The molecule has 0 spiro atoms. The highest BCUT2D eigenvalue weighted by Crippen LogP contribution is 2.29. The Morgan fingerprint density at radius 2 is 1.49 bits per heavy atom. The predicted octanol–water partition coefficient (Wildman–Crippen LogP) is 8.01. The number of halogens is 3. The van der Waals surface area contributed by atoms with E-state index in [0.717, 1.165) is 38.2 Å². The lowest BCUT2D eigenvalue weighted by atomic mass is 9.90. The van der Waals surface area contributed by atoms with E-state index < -0.39 is 111 Å². The fourth-order valence-corrected chi connectivity index (χ4v) is 10.6. The van der Waals surface area contributed by atoms with Crippen LogP contribution in [-0.4, -0.2) is 142 Å². The molecule has 4 aromatic heterocycles. The molecule has 6 amide bonds. The summed E-state index contributed by atoms with van der Waals surface area (Å²) in [6.07, 6.45) is 18.0. The number of cyclic esters (lactones) is 1. The number of esters is 2. The van der Waals surface area contributed by atoms with Crippen LogP contribution in [0.15, 0.2) is 122 Å². The van der Waals surface area contributed by atoms with E-state index in [1.807, 2.05) is 61.5 Å². The minimum absolute atomic E-state index is 0. The van der Waals surface area contributed by atoms with Crippen molar-refractivity contribution in [2.24, 2.45) is 10.8 Å². The van der Waals surface area contributed by atoms with Gasteiger partial charge in [-0.15, -0.1) is 0 Å². The molecule has 2 fully saturated rings. The van der Waals surface area contributed by atoms with Crippen molar-refractivity contribution in [3.63, 3.8) is 0 Å². The molecule has 0 saturated carbocycles. The largest absolute Gasteiger partial charge is 0.460 e. The summed E-state index contributed by atoms with van der Waals surface area (Å²) in [5, 5.41) is 27.4. The summed E-state index contributed by atoms with van der Waals surface area (Å²) in [5.41, 5.74) is 8.08. The maximum Gasteiger partial charge on any atom is 0.325 e. The molecule has 0 aliphatic carbocycles. The summed E-state index contributed by atoms with van der Waals surface area (Å²) in [6, 6.07) is 16.8. The average molecular weight is 1360 g/mol. The molecule has 7 N–H and O–H groups in total. The quantitative estimate of drug-likeness (QED) is 0.0401. The van der Waals surface area contributed by atoms with Crippen molar-refractivity contribution < 1.29 is 52.9 Å². The van der Waals surface area contributed by atoms with Gasteiger partial charge in [0.05, 0.1) is 28.3 Å². The number of aliphatic hydroxyl groups excluding tert-OH is 1.